The molecule has 6 nitrogen and oxygen atoms in total. The van der Waals surface area contributed by atoms with E-state index in [1.807, 2.05) is 0 Å². The molecular formula is C12H14N2O4. The molecule has 0 atom stereocenters. The zero-order chi connectivity index (χ0) is 13.4. The van der Waals surface area contributed by atoms with E-state index in [1.165, 1.54) is 24.3 Å². The predicted molar refractivity (Wildman–Crippen MR) is 64.5 cm³/mol. The minimum Gasteiger partial charge on any atom is -0.410 e. The molecule has 0 radical (unpaired) electrons. The summed E-state index contributed by atoms with van der Waals surface area (Å²) >= 11 is 0. The third kappa shape index (κ3) is 4.25. The lowest BCUT2D eigenvalue weighted by Gasteiger charge is -2.05. The van der Waals surface area contributed by atoms with Crippen molar-refractivity contribution in [2.24, 2.45) is 0 Å². The van der Waals surface area contributed by atoms with Crippen molar-refractivity contribution in [2.75, 3.05) is 13.1 Å². The Hall–Kier alpha value is -2.37. The topological polar surface area (TPSA) is 84.5 Å². The zero-order valence-corrected chi connectivity index (χ0v) is 9.93. The van der Waals surface area contributed by atoms with Gasteiger partial charge >= 0.3 is 6.09 Å². The first kappa shape index (κ1) is 13.7. The van der Waals surface area contributed by atoms with Gasteiger partial charge in [0.05, 0.1) is 6.54 Å². The molecule has 0 fully saturated rings. The highest BCUT2D eigenvalue weighted by molar-refractivity contribution is 5.95. The molecule has 0 saturated carbocycles. The van der Waals surface area contributed by atoms with Gasteiger partial charge in [0.15, 0.2) is 0 Å². The van der Waals surface area contributed by atoms with Crippen LogP contribution in [-0.2, 0) is 4.79 Å². The third-order valence-electron chi connectivity index (χ3n) is 1.99. The summed E-state index contributed by atoms with van der Waals surface area (Å²) in [6.45, 7) is 2.22. The van der Waals surface area contributed by atoms with Crippen molar-refractivity contribution in [3.8, 4) is 5.75 Å². The number of aldehydes is 1. The van der Waals surface area contributed by atoms with Crippen LogP contribution in [0.25, 0.3) is 0 Å². The second-order valence-electron chi connectivity index (χ2n) is 3.32. The number of carbonyl (C=O) groups excluding carboxylic acids is 3. The van der Waals surface area contributed by atoms with E-state index >= 15 is 0 Å². The summed E-state index contributed by atoms with van der Waals surface area (Å²) in [7, 11) is 0. The lowest BCUT2D eigenvalue weighted by atomic mass is 10.2. The molecule has 0 saturated heterocycles. The van der Waals surface area contributed by atoms with Gasteiger partial charge in [0, 0.05) is 12.1 Å². The molecule has 1 aromatic rings. The van der Waals surface area contributed by atoms with Crippen LogP contribution in [0.15, 0.2) is 24.3 Å². The molecule has 0 aliphatic carbocycles. The number of ether oxygens (including phenoxy) is 1. The summed E-state index contributed by atoms with van der Waals surface area (Å²) in [6, 6.07) is 6.03. The fraction of sp³-hybridized carbons (Fsp3) is 0.250. The Morgan fingerprint density at radius 3 is 2.44 bits per heavy atom. The molecule has 96 valence electrons. The van der Waals surface area contributed by atoms with E-state index in [1.54, 1.807) is 6.92 Å². The van der Waals surface area contributed by atoms with Crippen LogP contribution < -0.4 is 15.4 Å². The van der Waals surface area contributed by atoms with Gasteiger partial charge in [-0.15, -0.1) is 0 Å². The minimum atomic E-state index is -0.546. The number of hydrogen-bond donors (Lipinski definition) is 2. The fourth-order valence-corrected chi connectivity index (χ4v) is 1.20. The molecular weight excluding hydrogens is 236 g/mol. The number of amides is 2. The largest absolute Gasteiger partial charge is 0.412 e. The molecule has 6 heteroatoms. The van der Waals surface area contributed by atoms with Crippen LogP contribution in [-0.4, -0.2) is 31.4 Å². The molecule has 0 aromatic heterocycles. The van der Waals surface area contributed by atoms with Gasteiger partial charge in [0.25, 0.3) is 5.91 Å². The maximum absolute atomic E-state index is 11.4. The van der Waals surface area contributed by atoms with Crippen molar-refractivity contribution < 1.29 is 19.1 Å². The first-order valence-corrected chi connectivity index (χ1v) is 5.45. The van der Waals surface area contributed by atoms with Gasteiger partial charge in [0.1, 0.15) is 12.0 Å². The molecule has 0 aliphatic heterocycles. The SMILES string of the molecule is CCNC(=O)Oc1ccc(C(=O)NCC=O)cc1. The summed E-state index contributed by atoms with van der Waals surface area (Å²) in [5.41, 5.74) is 0.389. The number of hydrogen-bond acceptors (Lipinski definition) is 4. The van der Waals surface area contributed by atoms with Crippen molar-refractivity contribution in [3.05, 3.63) is 29.8 Å². The Balaban J connectivity index is 2.59. The smallest absolute Gasteiger partial charge is 0.410 e. The molecule has 0 unspecified atom stereocenters. The van der Waals surface area contributed by atoms with E-state index < -0.39 is 6.09 Å². The highest BCUT2D eigenvalue weighted by Crippen LogP contribution is 2.12. The second-order valence-corrected chi connectivity index (χ2v) is 3.32. The average molecular weight is 250 g/mol. The molecule has 0 bridgehead atoms. The second kappa shape index (κ2) is 7.05. The van der Waals surface area contributed by atoms with Crippen LogP contribution in [0.3, 0.4) is 0 Å². The summed E-state index contributed by atoms with van der Waals surface area (Å²) < 4.78 is 4.93. The summed E-state index contributed by atoms with van der Waals surface area (Å²) in [6.07, 6.45) is 0.0560. The first-order chi connectivity index (χ1) is 8.67. The van der Waals surface area contributed by atoms with E-state index in [-0.39, 0.29) is 12.5 Å². The number of carbonyl (C=O) groups is 3. The predicted octanol–water partition coefficient (Wildman–Crippen LogP) is 0.724. The summed E-state index contributed by atoms with van der Waals surface area (Å²) in [5, 5.41) is 4.88. The van der Waals surface area contributed by atoms with Crippen molar-refractivity contribution in [1.82, 2.24) is 10.6 Å². The standard InChI is InChI=1S/C12H14N2O4/c1-2-13-12(17)18-10-5-3-9(4-6-10)11(16)14-7-8-15/h3-6,8H,2,7H2,1H3,(H,13,17)(H,14,16). The highest BCUT2D eigenvalue weighted by Gasteiger charge is 2.06. The Morgan fingerprint density at radius 2 is 1.89 bits per heavy atom. The molecule has 0 heterocycles. The Kier molecular flexibility index (Phi) is 5.37. The van der Waals surface area contributed by atoms with E-state index in [4.69, 9.17) is 4.74 Å². The molecule has 2 N–H and O–H groups in total. The average Bonchev–Trinajstić information content (AvgIpc) is 2.37. The molecule has 1 rings (SSSR count). The van der Waals surface area contributed by atoms with Gasteiger partial charge in [-0.05, 0) is 31.2 Å². The lowest BCUT2D eigenvalue weighted by Crippen LogP contribution is -2.26. The van der Waals surface area contributed by atoms with Gasteiger partial charge in [-0.2, -0.15) is 0 Å². The van der Waals surface area contributed by atoms with Crippen LogP contribution in [0.5, 0.6) is 5.75 Å². The van der Waals surface area contributed by atoms with Gasteiger partial charge in [-0.3, -0.25) is 4.79 Å². The maximum Gasteiger partial charge on any atom is 0.412 e. The lowest BCUT2D eigenvalue weighted by molar-refractivity contribution is -0.107. The monoisotopic (exact) mass is 250 g/mol. The highest BCUT2D eigenvalue weighted by atomic mass is 16.5. The fourth-order valence-electron chi connectivity index (χ4n) is 1.20. The van der Waals surface area contributed by atoms with Crippen molar-refractivity contribution in [1.29, 1.82) is 0 Å². The van der Waals surface area contributed by atoms with Crippen molar-refractivity contribution >= 4 is 18.3 Å². The third-order valence-corrected chi connectivity index (χ3v) is 1.99. The molecule has 1 aromatic carbocycles. The first-order valence-electron chi connectivity index (χ1n) is 5.45. The number of nitrogens with one attached hydrogen (secondary N) is 2. The summed E-state index contributed by atoms with van der Waals surface area (Å²) in [5.74, 6) is -0.0143. The van der Waals surface area contributed by atoms with Crippen LogP contribution in [0.4, 0.5) is 4.79 Å². The van der Waals surface area contributed by atoms with Crippen molar-refractivity contribution in [2.45, 2.75) is 6.92 Å². The zero-order valence-electron chi connectivity index (χ0n) is 9.93. The number of rotatable bonds is 5. The van der Waals surface area contributed by atoms with E-state index in [0.29, 0.717) is 24.1 Å². The molecule has 0 spiro atoms. The van der Waals surface area contributed by atoms with E-state index in [2.05, 4.69) is 10.6 Å². The quantitative estimate of drug-likeness (QED) is 0.754. The van der Waals surface area contributed by atoms with Gasteiger partial charge in [0.2, 0.25) is 0 Å². The Morgan fingerprint density at radius 1 is 1.22 bits per heavy atom. The Labute approximate surface area is 104 Å². The summed E-state index contributed by atoms with van der Waals surface area (Å²) in [4.78, 5) is 32.7. The van der Waals surface area contributed by atoms with Crippen LogP contribution in [0.1, 0.15) is 17.3 Å². The molecule has 2 amide bonds. The minimum absolute atomic E-state index is 0.0318. The van der Waals surface area contributed by atoms with Crippen LogP contribution >= 0.6 is 0 Å². The Bertz CT molecular complexity index is 428. The molecule has 0 aliphatic rings. The normalized spacial score (nSPS) is 9.39. The number of benzene rings is 1. The van der Waals surface area contributed by atoms with Gasteiger partial charge < -0.3 is 20.2 Å². The molecule has 18 heavy (non-hydrogen) atoms. The van der Waals surface area contributed by atoms with Gasteiger partial charge in [-0.1, -0.05) is 0 Å². The van der Waals surface area contributed by atoms with Crippen LogP contribution in [0.2, 0.25) is 0 Å². The van der Waals surface area contributed by atoms with E-state index in [0.717, 1.165) is 0 Å². The maximum atomic E-state index is 11.4. The van der Waals surface area contributed by atoms with Crippen LogP contribution in [0, 0.1) is 0 Å². The van der Waals surface area contributed by atoms with E-state index in [9.17, 15) is 14.4 Å². The van der Waals surface area contributed by atoms with Crippen molar-refractivity contribution in [3.63, 3.8) is 0 Å². The van der Waals surface area contributed by atoms with Gasteiger partial charge in [-0.25, -0.2) is 4.79 Å².